The van der Waals surface area contributed by atoms with Crippen LogP contribution in [0.1, 0.15) is 29.2 Å². The normalized spacial score (nSPS) is 10.7. The number of nitrogens with zero attached hydrogens (tertiary/aromatic N) is 1. The van der Waals surface area contributed by atoms with Gasteiger partial charge in [0, 0.05) is 17.8 Å². The minimum absolute atomic E-state index is 0.425. The summed E-state index contributed by atoms with van der Waals surface area (Å²) < 4.78 is 0. The standard InChI is InChI=1S/C20H19N/c1-3-9-17(10-4-1)20(18-11-5-2-6-12-18)15-14-19-13-7-8-16-21-19/h1-13,16,20H,14-15H2. The van der Waals surface area contributed by atoms with Gasteiger partial charge in [-0.15, -0.1) is 0 Å². The van der Waals surface area contributed by atoms with Gasteiger partial charge in [-0.25, -0.2) is 0 Å². The van der Waals surface area contributed by atoms with E-state index in [9.17, 15) is 0 Å². The molecule has 0 unspecified atom stereocenters. The van der Waals surface area contributed by atoms with Gasteiger partial charge in [-0.05, 0) is 36.1 Å². The largest absolute Gasteiger partial charge is 0.261 e. The monoisotopic (exact) mass is 273 g/mol. The van der Waals surface area contributed by atoms with Crippen molar-refractivity contribution in [1.29, 1.82) is 0 Å². The van der Waals surface area contributed by atoms with E-state index in [1.165, 1.54) is 11.1 Å². The molecule has 104 valence electrons. The minimum Gasteiger partial charge on any atom is -0.261 e. The Hall–Kier alpha value is -2.41. The highest BCUT2D eigenvalue weighted by molar-refractivity contribution is 5.32. The van der Waals surface area contributed by atoms with Crippen LogP contribution in [0.2, 0.25) is 0 Å². The second-order valence-corrected chi connectivity index (χ2v) is 5.23. The molecule has 0 aliphatic rings. The van der Waals surface area contributed by atoms with Gasteiger partial charge >= 0.3 is 0 Å². The van der Waals surface area contributed by atoms with Crippen LogP contribution in [0.3, 0.4) is 0 Å². The Morgan fingerprint density at radius 2 is 1.24 bits per heavy atom. The first-order valence-electron chi connectivity index (χ1n) is 7.43. The Balaban J connectivity index is 1.83. The molecule has 0 radical (unpaired) electrons. The average molecular weight is 273 g/mol. The van der Waals surface area contributed by atoms with Crippen molar-refractivity contribution < 1.29 is 0 Å². The fraction of sp³-hybridized carbons (Fsp3) is 0.150. The summed E-state index contributed by atoms with van der Waals surface area (Å²) in [6.45, 7) is 0. The summed E-state index contributed by atoms with van der Waals surface area (Å²) in [5.74, 6) is 0.425. The third-order valence-electron chi connectivity index (χ3n) is 3.82. The van der Waals surface area contributed by atoms with Gasteiger partial charge in [0.1, 0.15) is 0 Å². The van der Waals surface area contributed by atoms with Crippen molar-refractivity contribution in [3.63, 3.8) is 0 Å². The summed E-state index contributed by atoms with van der Waals surface area (Å²) in [5, 5.41) is 0. The number of aryl methyl sites for hydroxylation is 1. The predicted molar refractivity (Wildman–Crippen MR) is 87.3 cm³/mol. The zero-order valence-corrected chi connectivity index (χ0v) is 12.0. The average Bonchev–Trinajstić information content (AvgIpc) is 2.58. The number of hydrogen-bond acceptors (Lipinski definition) is 1. The molecule has 1 heteroatoms. The van der Waals surface area contributed by atoms with Gasteiger partial charge in [-0.2, -0.15) is 0 Å². The molecule has 1 nitrogen and oxygen atoms in total. The fourth-order valence-electron chi connectivity index (χ4n) is 2.73. The summed E-state index contributed by atoms with van der Waals surface area (Å²) in [5.41, 5.74) is 3.91. The van der Waals surface area contributed by atoms with Crippen molar-refractivity contribution in [1.82, 2.24) is 4.98 Å². The van der Waals surface area contributed by atoms with Crippen molar-refractivity contribution in [2.24, 2.45) is 0 Å². The van der Waals surface area contributed by atoms with E-state index in [4.69, 9.17) is 0 Å². The van der Waals surface area contributed by atoms with Crippen LogP contribution in [-0.2, 0) is 6.42 Å². The molecule has 0 saturated heterocycles. The van der Waals surface area contributed by atoms with Crippen molar-refractivity contribution in [2.45, 2.75) is 18.8 Å². The Morgan fingerprint density at radius 1 is 0.667 bits per heavy atom. The first-order valence-corrected chi connectivity index (χ1v) is 7.43. The van der Waals surface area contributed by atoms with Gasteiger partial charge in [-0.3, -0.25) is 4.98 Å². The van der Waals surface area contributed by atoms with Gasteiger partial charge in [-0.1, -0.05) is 66.7 Å². The highest BCUT2D eigenvalue weighted by Gasteiger charge is 2.13. The van der Waals surface area contributed by atoms with Gasteiger partial charge in [0.2, 0.25) is 0 Å². The Labute approximate surface area is 126 Å². The zero-order valence-electron chi connectivity index (χ0n) is 12.0. The van der Waals surface area contributed by atoms with E-state index in [1.54, 1.807) is 0 Å². The van der Waals surface area contributed by atoms with E-state index in [2.05, 4.69) is 77.8 Å². The first kappa shape index (κ1) is 13.6. The van der Waals surface area contributed by atoms with Gasteiger partial charge < -0.3 is 0 Å². The minimum atomic E-state index is 0.425. The molecule has 0 aliphatic carbocycles. The van der Waals surface area contributed by atoms with Crippen LogP contribution in [0.5, 0.6) is 0 Å². The van der Waals surface area contributed by atoms with E-state index in [0.717, 1.165) is 18.5 Å². The van der Waals surface area contributed by atoms with Crippen molar-refractivity contribution >= 4 is 0 Å². The lowest BCUT2D eigenvalue weighted by atomic mass is 9.87. The SMILES string of the molecule is c1ccc(C(CCc2ccccn2)c2ccccc2)cc1. The number of hydrogen-bond donors (Lipinski definition) is 0. The van der Waals surface area contributed by atoms with Crippen molar-refractivity contribution in [2.75, 3.05) is 0 Å². The summed E-state index contributed by atoms with van der Waals surface area (Å²) in [6, 6.07) is 27.6. The molecule has 0 aliphatic heterocycles. The lowest BCUT2D eigenvalue weighted by Gasteiger charge is -2.18. The summed E-state index contributed by atoms with van der Waals surface area (Å²) in [6.07, 6.45) is 3.94. The molecule has 0 atom stereocenters. The van der Waals surface area contributed by atoms with Gasteiger partial charge in [0.05, 0.1) is 0 Å². The fourth-order valence-corrected chi connectivity index (χ4v) is 2.73. The van der Waals surface area contributed by atoms with Crippen LogP contribution in [-0.4, -0.2) is 4.98 Å². The molecule has 1 aromatic heterocycles. The Bertz CT molecular complexity index is 608. The van der Waals surface area contributed by atoms with Crippen LogP contribution in [0, 0.1) is 0 Å². The Morgan fingerprint density at radius 3 is 1.76 bits per heavy atom. The van der Waals surface area contributed by atoms with Crippen LogP contribution in [0.4, 0.5) is 0 Å². The highest BCUT2D eigenvalue weighted by atomic mass is 14.7. The van der Waals surface area contributed by atoms with Crippen molar-refractivity contribution in [3.8, 4) is 0 Å². The van der Waals surface area contributed by atoms with E-state index in [0.29, 0.717) is 5.92 Å². The molecule has 0 fully saturated rings. The lowest BCUT2D eigenvalue weighted by molar-refractivity contribution is 0.704. The maximum atomic E-state index is 4.44. The van der Waals surface area contributed by atoms with Gasteiger partial charge in [0.15, 0.2) is 0 Å². The van der Waals surface area contributed by atoms with Crippen LogP contribution in [0.25, 0.3) is 0 Å². The smallest absolute Gasteiger partial charge is 0.0403 e. The second-order valence-electron chi connectivity index (χ2n) is 5.23. The first-order chi connectivity index (χ1) is 10.4. The molecular weight excluding hydrogens is 254 g/mol. The molecular formula is C20H19N. The van der Waals surface area contributed by atoms with E-state index in [1.807, 2.05) is 12.3 Å². The summed E-state index contributed by atoms with van der Waals surface area (Å²) in [7, 11) is 0. The highest BCUT2D eigenvalue weighted by Crippen LogP contribution is 2.28. The molecule has 2 aromatic carbocycles. The molecule has 1 heterocycles. The van der Waals surface area contributed by atoms with Gasteiger partial charge in [0.25, 0.3) is 0 Å². The molecule has 0 saturated carbocycles. The molecule has 3 rings (SSSR count). The third kappa shape index (κ3) is 3.57. The molecule has 0 spiro atoms. The molecule has 21 heavy (non-hydrogen) atoms. The maximum Gasteiger partial charge on any atom is 0.0403 e. The maximum absolute atomic E-state index is 4.44. The number of pyridine rings is 1. The molecule has 0 amide bonds. The number of aromatic nitrogens is 1. The predicted octanol–water partition coefficient (Wildman–Crippen LogP) is 4.85. The van der Waals surface area contributed by atoms with Crippen molar-refractivity contribution in [3.05, 3.63) is 102 Å². The summed E-state index contributed by atoms with van der Waals surface area (Å²) >= 11 is 0. The van der Waals surface area contributed by atoms with E-state index < -0.39 is 0 Å². The lowest BCUT2D eigenvalue weighted by Crippen LogP contribution is -2.03. The van der Waals surface area contributed by atoms with Crippen LogP contribution in [0.15, 0.2) is 85.1 Å². The third-order valence-corrected chi connectivity index (χ3v) is 3.82. The number of benzene rings is 2. The second kappa shape index (κ2) is 6.85. The zero-order chi connectivity index (χ0) is 14.3. The quantitative estimate of drug-likeness (QED) is 0.647. The number of rotatable bonds is 5. The molecule has 0 N–H and O–H groups in total. The van der Waals surface area contributed by atoms with E-state index >= 15 is 0 Å². The summed E-state index contributed by atoms with van der Waals surface area (Å²) in [4.78, 5) is 4.44. The van der Waals surface area contributed by atoms with Crippen LogP contribution >= 0.6 is 0 Å². The van der Waals surface area contributed by atoms with E-state index in [-0.39, 0.29) is 0 Å². The van der Waals surface area contributed by atoms with Crippen LogP contribution < -0.4 is 0 Å². The Kier molecular flexibility index (Phi) is 4.42. The molecule has 3 aromatic rings. The molecule has 0 bridgehead atoms. The topological polar surface area (TPSA) is 12.9 Å².